The number of ether oxygens (including phenoxy) is 1. The minimum absolute atomic E-state index is 0.138. The predicted molar refractivity (Wildman–Crippen MR) is 79.0 cm³/mol. The molecule has 1 aliphatic rings. The van der Waals surface area contributed by atoms with E-state index < -0.39 is 0 Å². The van der Waals surface area contributed by atoms with Crippen molar-refractivity contribution in [2.24, 2.45) is 5.92 Å². The summed E-state index contributed by atoms with van der Waals surface area (Å²) >= 11 is 3.33. The second-order valence-electron chi connectivity index (χ2n) is 4.86. The minimum atomic E-state index is -0.138. The van der Waals surface area contributed by atoms with Gasteiger partial charge in [-0.3, -0.25) is 4.79 Å². The molecule has 19 heavy (non-hydrogen) atoms. The first-order valence-electron chi connectivity index (χ1n) is 6.58. The fourth-order valence-electron chi connectivity index (χ4n) is 1.73. The summed E-state index contributed by atoms with van der Waals surface area (Å²) in [5.74, 6) is 0.650. The van der Waals surface area contributed by atoms with Crippen molar-refractivity contribution in [2.75, 3.05) is 25.5 Å². The Morgan fingerprint density at radius 2 is 2.26 bits per heavy atom. The molecule has 5 heteroatoms. The SMILES string of the molecule is Nc1ccc(Br)cc1C(=O)NCCCOCC1CC1. The number of hydrogen-bond acceptors (Lipinski definition) is 3. The average molecular weight is 327 g/mol. The molecule has 1 aliphatic carbocycles. The van der Waals surface area contributed by atoms with E-state index >= 15 is 0 Å². The lowest BCUT2D eigenvalue weighted by atomic mass is 10.1. The summed E-state index contributed by atoms with van der Waals surface area (Å²) in [5.41, 5.74) is 6.78. The first kappa shape index (κ1) is 14.3. The number of carbonyl (C=O) groups excluding carboxylic acids is 1. The largest absolute Gasteiger partial charge is 0.398 e. The van der Waals surface area contributed by atoms with Crippen molar-refractivity contribution in [2.45, 2.75) is 19.3 Å². The molecule has 4 nitrogen and oxygen atoms in total. The van der Waals surface area contributed by atoms with Crippen molar-refractivity contribution >= 4 is 27.5 Å². The first-order valence-corrected chi connectivity index (χ1v) is 7.37. The minimum Gasteiger partial charge on any atom is -0.398 e. The Labute approximate surface area is 121 Å². The van der Waals surface area contributed by atoms with Crippen LogP contribution in [0, 0.1) is 5.92 Å². The normalized spacial score (nSPS) is 14.4. The van der Waals surface area contributed by atoms with Gasteiger partial charge >= 0.3 is 0 Å². The van der Waals surface area contributed by atoms with Crippen LogP contribution in [0.15, 0.2) is 22.7 Å². The van der Waals surface area contributed by atoms with Gasteiger partial charge in [-0.25, -0.2) is 0 Å². The third kappa shape index (κ3) is 4.84. The summed E-state index contributed by atoms with van der Waals surface area (Å²) in [6.07, 6.45) is 3.43. The highest BCUT2D eigenvalue weighted by atomic mass is 79.9. The molecule has 0 radical (unpaired) electrons. The highest BCUT2D eigenvalue weighted by molar-refractivity contribution is 9.10. The zero-order chi connectivity index (χ0) is 13.7. The number of hydrogen-bond donors (Lipinski definition) is 2. The Kier molecular flexibility index (Phi) is 5.22. The monoisotopic (exact) mass is 326 g/mol. The zero-order valence-corrected chi connectivity index (χ0v) is 12.4. The third-order valence-corrected chi connectivity index (χ3v) is 3.55. The molecule has 1 aromatic carbocycles. The molecule has 0 aliphatic heterocycles. The number of carbonyl (C=O) groups is 1. The molecule has 0 atom stereocenters. The highest BCUT2D eigenvalue weighted by Gasteiger charge is 2.20. The van der Waals surface area contributed by atoms with Gasteiger partial charge in [-0.2, -0.15) is 0 Å². The van der Waals surface area contributed by atoms with Gasteiger partial charge in [0, 0.05) is 29.9 Å². The zero-order valence-electron chi connectivity index (χ0n) is 10.8. The fourth-order valence-corrected chi connectivity index (χ4v) is 2.09. The van der Waals surface area contributed by atoms with Crippen molar-refractivity contribution < 1.29 is 9.53 Å². The Hall–Kier alpha value is -1.07. The van der Waals surface area contributed by atoms with E-state index in [0.29, 0.717) is 24.4 Å². The van der Waals surface area contributed by atoms with Crippen LogP contribution in [0.2, 0.25) is 0 Å². The van der Waals surface area contributed by atoms with Crippen LogP contribution in [0.25, 0.3) is 0 Å². The summed E-state index contributed by atoms with van der Waals surface area (Å²) < 4.78 is 6.35. The first-order chi connectivity index (χ1) is 9.16. The van der Waals surface area contributed by atoms with Crippen LogP contribution in [0.5, 0.6) is 0 Å². The second-order valence-corrected chi connectivity index (χ2v) is 5.77. The summed E-state index contributed by atoms with van der Waals surface area (Å²) in [5, 5.41) is 2.85. The van der Waals surface area contributed by atoms with Crippen LogP contribution >= 0.6 is 15.9 Å². The van der Waals surface area contributed by atoms with Crippen molar-refractivity contribution in [1.82, 2.24) is 5.32 Å². The molecule has 1 aromatic rings. The van der Waals surface area contributed by atoms with E-state index in [2.05, 4.69) is 21.2 Å². The molecule has 0 bridgehead atoms. The van der Waals surface area contributed by atoms with E-state index in [1.54, 1.807) is 12.1 Å². The van der Waals surface area contributed by atoms with Crippen LogP contribution < -0.4 is 11.1 Å². The van der Waals surface area contributed by atoms with E-state index in [9.17, 15) is 4.79 Å². The van der Waals surface area contributed by atoms with Gasteiger partial charge < -0.3 is 15.8 Å². The number of nitrogens with one attached hydrogen (secondary N) is 1. The molecule has 0 heterocycles. The van der Waals surface area contributed by atoms with Gasteiger partial charge in [0.2, 0.25) is 0 Å². The third-order valence-electron chi connectivity index (χ3n) is 3.06. The topological polar surface area (TPSA) is 64.4 Å². The lowest BCUT2D eigenvalue weighted by Gasteiger charge is -2.08. The molecule has 1 fully saturated rings. The molecule has 1 amide bonds. The van der Waals surface area contributed by atoms with Crippen LogP contribution in [0.1, 0.15) is 29.6 Å². The molecule has 1 saturated carbocycles. The Morgan fingerprint density at radius 3 is 3.00 bits per heavy atom. The predicted octanol–water partition coefficient (Wildman–Crippen LogP) is 2.58. The Morgan fingerprint density at radius 1 is 1.47 bits per heavy atom. The molecule has 0 saturated heterocycles. The van der Waals surface area contributed by atoms with Crippen molar-refractivity contribution in [3.05, 3.63) is 28.2 Å². The van der Waals surface area contributed by atoms with E-state index in [-0.39, 0.29) is 5.91 Å². The van der Waals surface area contributed by atoms with Crippen molar-refractivity contribution in [3.8, 4) is 0 Å². The van der Waals surface area contributed by atoms with Crippen molar-refractivity contribution in [1.29, 1.82) is 0 Å². The fraction of sp³-hybridized carbons (Fsp3) is 0.500. The highest BCUT2D eigenvalue weighted by Crippen LogP contribution is 2.28. The summed E-state index contributed by atoms with van der Waals surface area (Å²) in [6.45, 7) is 2.17. The Bertz CT molecular complexity index is 447. The molecular weight excluding hydrogens is 308 g/mol. The summed E-state index contributed by atoms with van der Waals surface area (Å²) in [6, 6.07) is 5.27. The molecule has 104 valence electrons. The average Bonchev–Trinajstić information content (AvgIpc) is 3.20. The molecule has 0 aromatic heterocycles. The maximum atomic E-state index is 11.9. The van der Waals surface area contributed by atoms with Gasteiger partial charge in [0.15, 0.2) is 0 Å². The number of halogens is 1. The Balaban J connectivity index is 1.66. The van der Waals surface area contributed by atoms with Gasteiger partial charge in [-0.1, -0.05) is 15.9 Å². The number of benzene rings is 1. The van der Waals surface area contributed by atoms with Crippen molar-refractivity contribution in [3.63, 3.8) is 0 Å². The maximum Gasteiger partial charge on any atom is 0.253 e. The van der Waals surface area contributed by atoms with E-state index in [0.717, 1.165) is 23.4 Å². The number of rotatable bonds is 7. The van der Waals surface area contributed by atoms with Gasteiger partial charge in [0.05, 0.1) is 5.56 Å². The van der Waals surface area contributed by atoms with Gasteiger partial charge in [0.1, 0.15) is 0 Å². The van der Waals surface area contributed by atoms with Gasteiger partial charge in [0.25, 0.3) is 5.91 Å². The number of amides is 1. The quantitative estimate of drug-likeness (QED) is 0.598. The van der Waals surface area contributed by atoms with Crippen LogP contribution in [0.3, 0.4) is 0 Å². The van der Waals surface area contributed by atoms with E-state index in [1.807, 2.05) is 6.07 Å². The second kappa shape index (κ2) is 6.91. The number of nitrogens with two attached hydrogens (primary N) is 1. The lowest BCUT2D eigenvalue weighted by molar-refractivity contribution is 0.0938. The molecular formula is C14H19BrN2O2. The number of anilines is 1. The maximum absolute atomic E-state index is 11.9. The smallest absolute Gasteiger partial charge is 0.253 e. The van der Waals surface area contributed by atoms with E-state index in [1.165, 1.54) is 12.8 Å². The summed E-state index contributed by atoms with van der Waals surface area (Å²) in [7, 11) is 0. The lowest BCUT2D eigenvalue weighted by Crippen LogP contribution is -2.26. The molecule has 3 N–H and O–H groups in total. The van der Waals surface area contributed by atoms with E-state index in [4.69, 9.17) is 10.5 Å². The van der Waals surface area contributed by atoms with Crippen LogP contribution in [-0.2, 0) is 4.74 Å². The van der Waals surface area contributed by atoms with Crippen LogP contribution in [0.4, 0.5) is 5.69 Å². The standard InChI is InChI=1S/C14H19BrN2O2/c15-11-4-5-13(16)12(8-11)14(18)17-6-1-7-19-9-10-2-3-10/h4-5,8,10H,1-3,6-7,9,16H2,(H,17,18). The molecule has 0 spiro atoms. The summed E-state index contributed by atoms with van der Waals surface area (Å²) in [4.78, 5) is 11.9. The van der Waals surface area contributed by atoms with Gasteiger partial charge in [-0.05, 0) is 43.4 Å². The van der Waals surface area contributed by atoms with Crippen LogP contribution in [-0.4, -0.2) is 25.7 Å². The number of nitrogen functional groups attached to an aromatic ring is 1. The molecule has 2 rings (SSSR count). The van der Waals surface area contributed by atoms with Gasteiger partial charge in [-0.15, -0.1) is 0 Å². The molecule has 0 unspecified atom stereocenters.